The van der Waals surface area contributed by atoms with Crippen LogP contribution in [0.3, 0.4) is 0 Å². The summed E-state index contributed by atoms with van der Waals surface area (Å²) in [6.07, 6.45) is 0.410. The molecular weight excluding hydrogens is 102 g/mol. The zero-order chi connectivity index (χ0) is 5.91. The van der Waals surface area contributed by atoms with E-state index in [0.29, 0.717) is 6.08 Å². The highest BCUT2D eigenvalue weighted by molar-refractivity contribution is 4.85. The van der Waals surface area contributed by atoms with Crippen LogP contribution < -0.4 is 0 Å². The van der Waals surface area contributed by atoms with Crippen molar-refractivity contribution in [3.05, 3.63) is 12.7 Å². The van der Waals surface area contributed by atoms with Crippen LogP contribution in [0.25, 0.3) is 0 Å². The molecule has 0 aliphatic rings. The first-order chi connectivity index (χ1) is 3.12. The first kappa shape index (κ1) is 6.56. The molecule has 0 bridgehead atoms. The molecular formula is C4H6F2O. The van der Waals surface area contributed by atoms with Crippen LogP contribution in [0.1, 0.15) is 0 Å². The topological polar surface area (TPSA) is 20.2 Å². The fourth-order valence-electron chi connectivity index (χ4n) is 0.0645. The van der Waals surface area contributed by atoms with Gasteiger partial charge in [0.1, 0.15) is 6.61 Å². The van der Waals surface area contributed by atoms with Gasteiger partial charge < -0.3 is 5.11 Å². The molecule has 0 aromatic carbocycles. The molecule has 0 aromatic rings. The normalized spacial score (nSPS) is 11.3. The molecule has 1 N–H and O–H groups in total. The first-order valence-electron chi connectivity index (χ1n) is 1.74. The van der Waals surface area contributed by atoms with E-state index >= 15 is 0 Å². The highest BCUT2D eigenvalue weighted by Crippen LogP contribution is 2.11. The SMILES string of the molecule is C=CC(F)(F)CO. The average molecular weight is 108 g/mol. The standard InChI is InChI=1S/C4H6F2O/c1-2-4(5,6)3-7/h2,7H,1,3H2. The highest BCUT2D eigenvalue weighted by atomic mass is 19.3. The van der Waals surface area contributed by atoms with Crippen LogP contribution in [0.2, 0.25) is 0 Å². The number of alkyl halides is 2. The monoisotopic (exact) mass is 108 g/mol. The van der Waals surface area contributed by atoms with Gasteiger partial charge in [0.25, 0.3) is 5.92 Å². The van der Waals surface area contributed by atoms with Crippen molar-refractivity contribution in [3.63, 3.8) is 0 Å². The van der Waals surface area contributed by atoms with Crippen molar-refractivity contribution in [3.8, 4) is 0 Å². The van der Waals surface area contributed by atoms with E-state index in [1.54, 1.807) is 0 Å². The molecule has 1 nitrogen and oxygen atoms in total. The molecule has 0 aromatic heterocycles. The summed E-state index contributed by atoms with van der Waals surface area (Å²) in [5, 5.41) is 7.77. The van der Waals surface area contributed by atoms with Gasteiger partial charge in [0.2, 0.25) is 0 Å². The maximum Gasteiger partial charge on any atom is 0.288 e. The van der Waals surface area contributed by atoms with Crippen molar-refractivity contribution in [1.29, 1.82) is 0 Å². The predicted octanol–water partition coefficient (Wildman–Crippen LogP) is 0.800. The lowest BCUT2D eigenvalue weighted by molar-refractivity contribution is -0.00450. The van der Waals surface area contributed by atoms with Crippen LogP contribution in [0.4, 0.5) is 8.78 Å². The van der Waals surface area contributed by atoms with Gasteiger partial charge in [-0.2, -0.15) is 8.78 Å². The lowest BCUT2D eigenvalue weighted by Gasteiger charge is -2.03. The Bertz CT molecular complexity index is 70.1. The van der Waals surface area contributed by atoms with Crippen molar-refractivity contribution in [2.24, 2.45) is 0 Å². The number of hydrogen-bond acceptors (Lipinski definition) is 1. The first-order valence-corrected chi connectivity index (χ1v) is 1.74. The smallest absolute Gasteiger partial charge is 0.288 e. The summed E-state index contributed by atoms with van der Waals surface area (Å²) in [4.78, 5) is 0. The molecule has 7 heavy (non-hydrogen) atoms. The largest absolute Gasteiger partial charge is 0.390 e. The summed E-state index contributed by atoms with van der Waals surface area (Å²) >= 11 is 0. The zero-order valence-electron chi connectivity index (χ0n) is 3.69. The lowest BCUT2D eigenvalue weighted by Crippen LogP contribution is -2.16. The fourth-order valence-corrected chi connectivity index (χ4v) is 0.0645. The molecule has 0 heterocycles. The number of rotatable bonds is 2. The van der Waals surface area contributed by atoms with E-state index in [1.165, 1.54) is 0 Å². The van der Waals surface area contributed by atoms with E-state index in [9.17, 15) is 8.78 Å². The van der Waals surface area contributed by atoms with E-state index in [0.717, 1.165) is 0 Å². The minimum Gasteiger partial charge on any atom is -0.390 e. The Morgan fingerprint density at radius 1 is 1.71 bits per heavy atom. The number of halogens is 2. The van der Waals surface area contributed by atoms with Gasteiger partial charge in [-0.15, -0.1) is 0 Å². The van der Waals surface area contributed by atoms with Gasteiger partial charge in [-0.1, -0.05) is 6.58 Å². The summed E-state index contributed by atoms with van der Waals surface area (Å²) in [6.45, 7) is 1.64. The lowest BCUT2D eigenvalue weighted by atomic mass is 10.4. The Hall–Kier alpha value is -0.440. The van der Waals surface area contributed by atoms with Gasteiger partial charge in [-0.3, -0.25) is 0 Å². The van der Waals surface area contributed by atoms with Crippen LogP contribution in [0.5, 0.6) is 0 Å². The van der Waals surface area contributed by atoms with Crippen LogP contribution in [-0.4, -0.2) is 17.6 Å². The molecule has 0 radical (unpaired) electrons. The van der Waals surface area contributed by atoms with Gasteiger partial charge in [0, 0.05) is 0 Å². The summed E-state index contributed by atoms with van der Waals surface area (Å²) in [5.74, 6) is -3.10. The van der Waals surface area contributed by atoms with Gasteiger partial charge in [0.05, 0.1) is 0 Å². The summed E-state index contributed by atoms with van der Waals surface area (Å²) in [6, 6.07) is 0. The molecule has 0 unspecified atom stereocenters. The van der Waals surface area contributed by atoms with Gasteiger partial charge in [-0.25, -0.2) is 0 Å². The Morgan fingerprint density at radius 3 is 2.14 bits per heavy atom. The van der Waals surface area contributed by atoms with E-state index in [1.807, 2.05) is 0 Å². The van der Waals surface area contributed by atoms with Crippen LogP contribution in [-0.2, 0) is 0 Å². The number of aliphatic hydroxyl groups is 1. The fraction of sp³-hybridized carbons (Fsp3) is 0.500. The van der Waals surface area contributed by atoms with Gasteiger partial charge in [0.15, 0.2) is 0 Å². The third kappa shape index (κ3) is 2.28. The third-order valence-corrected chi connectivity index (χ3v) is 0.509. The predicted molar refractivity (Wildman–Crippen MR) is 22.2 cm³/mol. The highest BCUT2D eigenvalue weighted by Gasteiger charge is 2.21. The second-order valence-electron chi connectivity index (χ2n) is 1.12. The molecule has 0 fully saturated rings. The average Bonchev–Trinajstić information content (AvgIpc) is 1.68. The summed E-state index contributed by atoms with van der Waals surface area (Å²) < 4.78 is 23.0. The summed E-state index contributed by atoms with van der Waals surface area (Å²) in [7, 11) is 0. The minimum atomic E-state index is -3.10. The maximum atomic E-state index is 11.5. The quantitative estimate of drug-likeness (QED) is 0.519. The molecule has 0 spiro atoms. The van der Waals surface area contributed by atoms with Crippen molar-refractivity contribution in [2.45, 2.75) is 5.92 Å². The molecule has 0 aliphatic heterocycles. The van der Waals surface area contributed by atoms with Crippen LogP contribution >= 0.6 is 0 Å². The molecule has 0 aliphatic carbocycles. The minimum absolute atomic E-state index is 0.410. The molecule has 0 atom stereocenters. The number of hydrogen-bond donors (Lipinski definition) is 1. The number of aliphatic hydroxyl groups excluding tert-OH is 1. The van der Waals surface area contributed by atoms with Gasteiger partial charge >= 0.3 is 0 Å². The Morgan fingerprint density at radius 2 is 2.14 bits per heavy atom. The van der Waals surface area contributed by atoms with E-state index in [4.69, 9.17) is 5.11 Å². The molecule has 0 saturated heterocycles. The second kappa shape index (κ2) is 2.02. The molecule has 3 heteroatoms. The van der Waals surface area contributed by atoms with Crippen LogP contribution in [0, 0.1) is 0 Å². The third-order valence-electron chi connectivity index (χ3n) is 0.509. The van der Waals surface area contributed by atoms with Gasteiger partial charge in [-0.05, 0) is 6.08 Å². The molecule has 42 valence electrons. The second-order valence-corrected chi connectivity index (χ2v) is 1.12. The van der Waals surface area contributed by atoms with Crippen LogP contribution in [0.15, 0.2) is 12.7 Å². The Balaban J connectivity index is 3.58. The van der Waals surface area contributed by atoms with E-state index < -0.39 is 12.5 Å². The molecule has 0 amide bonds. The summed E-state index contributed by atoms with van der Waals surface area (Å²) in [5.41, 5.74) is 0. The molecule has 0 rings (SSSR count). The van der Waals surface area contributed by atoms with Crippen molar-refractivity contribution in [2.75, 3.05) is 6.61 Å². The maximum absolute atomic E-state index is 11.5. The van der Waals surface area contributed by atoms with E-state index in [-0.39, 0.29) is 0 Å². The Kier molecular flexibility index (Phi) is 1.90. The zero-order valence-corrected chi connectivity index (χ0v) is 3.69. The molecule has 0 saturated carbocycles. The van der Waals surface area contributed by atoms with E-state index in [2.05, 4.69) is 6.58 Å². The van der Waals surface area contributed by atoms with Crippen molar-refractivity contribution < 1.29 is 13.9 Å². The van der Waals surface area contributed by atoms with Crippen molar-refractivity contribution in [1.82, 2.24) is 0 Å². The Labute approximate surface area is 40.3 Å². The van der Waals surface area contributed by atoms with Crippen molar-refractivity contribution >= 4 is 0 Å².